The second-order valence-electron chi connectivity index (χ2n) is 3.38. The Morgan fingerprint density at radius 2 is 2.08 bits per heavy atom. The molecule has 0 saturated carbocycles. The lowest BCUT2D eigenvalue weighted by Gasteiger charge is -2.00. The molecule has 3 heteroatoms. The minimum atomic E-state index is 0.0472. The third kappa shape index (κ3) is 1.36. The standard InChI is InChI=1S/C10H8Cl2O/c1-5-2-7-8(10(5)13)3-6(11)4-9(7)12/h3-5H,2H2,1H3/t5-/m1/s1. The fourth-order valence-electron chi connectivity index (χ4n) is 1.70. The molecule has 1 aliphatic carbocycles. The zero-order chi connectivity index (χ0) is 9.59. The Bertz CT molecular complexity index is 385. The lowest BCUT2D eigenvalue weighted by Crippen LogP contribution is -2.02. The number of carbonyl (C=O) groups is 1. The average molecular weight is 215 g/mol. The number of rotatable bonds is 0. The SMILES string of the molecule is C[C@@H]1Cc2c(Cl)cc(Cl)cc2C1=O. The van der Waals surface area contributed by atoms with Gasteiger partial charge in [0.25, 0.3) is 0 Å². The van der Waals surface area contributed by atoms with Gasteiger partial charge in [0.1, 0.15) is 0 Å². The molecule has 0 fully saturated rings. The smallest absolute Gasteiger partial charge is 0.166 e. The van der Waals surface area contributed by atoms with E-state index in [1.807, 2.05) is 6.92 Å². The summed E-state index contributed by atoms with van der Waals surface area (Å²) in [5.41, 5.74) is 1.65. The van der Waals surface area contributed by atoms with Crippen molar-refractivity contribution in [1.29, 1.82) is 0 Å². The van der Waals surface area contributed by atoms with Gasteiger partial charge >= 0.3 is 0 Å². The van der Waals surface area contributed by atoms with E-state index in [2.05, 4.69) is 0 Å². The van der Waals surface area contributed by atoms with Crippen molar-refractivity contribution in [1.82, 2.24) is 0 Å². The van der Waals surface area contributed by atoms with E-state index >= 15 is 0 Å². The summed E-state index contributed by atoms with van der Waals surface area (Å²) in [5, 5.41) is 1.14. The van der Waals surface area contributed by atoms with E-state index in [0.717, 1.165) is 12.0 Å². The summed E-state index contributed by atoms with van der Waals surface area (Å²) in [6.45, 7) is 1.91. The minimum Gasteiger partial charge on any atom is -0.294 e. The first-order chi connectivity index (χ1) is 6.09. The molecule has 2 rings (SSSR count). The molecule has 1 aliphatic rings. The van der Waals surface area contributed by atoms with Gasteiger partial charge in [-0.2, -0.15) is 0 Å². The number of Topliss-reactive ketones (excluding diaryl/α,β-unsaturated/α-hetero) is 1. The van der Waals surface area contributed by atoms with Crippen LogP contribution in [0.3, 0.4) is 0 Å². The number of fused-ring (bicyclic) bond motifs is 1. The van der Waals surface area contributed by atoms with Crippen molar-refractivity contribution in [3.8, 4) is 0 Å². The van der Waals surface area contributed by atoms with Crippen molar-refractivity contribution in [2.24, 2.45) is 5.92 Å². The second-order valence-corrected chi connectivity index (χ2v) is 4.23. The first-order valence-electron chi connectivity index (χ1n) is 4.11. The highest BCUT2D eigenvalue weighted by Gasteiger charge is 2.28. The maximum Gasteiger partial charge on any atom is 0.166 e. The molecule has 1 aromatic rings. The average Bonchev–Trinajstić information content (AvgIpc) is 2.32. The van der Waals surface area contributed by atoms with Gasteiger partial charge < -0.3 is 0 Å². The van der Waals surface area contributed by atoms with Gasteiger partial charge in [-0.1, -0.05) is 30.1 Å². The van der Waals surface area contributed by atoms with Crippen molar-refractivity contribution in [3.63, 3.8) is 0 Å². The van der Waals surface area contributed by atoms with Gasteiger partial charge in [0, 0.05) is 21.5 Å². The van der Waals surface area contributed by atoms with Gasteiger partial charge in [0.2, 0.25) is 0 Å². The summed E-state index contributed by atoms with van der Waals surface area (Å²) in [7, 11) is 0. The number of hydrogen-bond donors (Lipinski definition) is 0. The first-order valence-corrected chi connectivity index (χ1v) is 4.87. The summed E-state index contributed by atoms with van der Waals surface area (Å²) in [6, 6.07) is 3.39. The molecule has 68 valence electrons. The third-order valence-electron chi connectivity index (χ3n) is 2.38. The Labute approximate surface area is 86.7 Å². The maximum atomic E-state index is 11.6. The van der Waals surface area contributed by atoms with Crippen LogP contribution in [0.15, 0.2) is 12.1 Å². The molecule has 1 atom stereocenters. The molecular weight excluding hydrogens is 207 g/mol. The molecule has 0 aromatic heterocycles. The normalized spacial score (nSPS) is 20.5. The van der Waals surface area contributed by atoms with Crippen LogP contribution in [0, 0.1) is 5.92 Å². The van der Waals surface area contributed by atoms with Crippen LogP contribution in [0.4, 0.5) is 0 Å². The molecule has 0 heterocycles. The maximum absolute atomic E-state index is 11.6. The lowest BCUT2D eigenvalue weighted by molar-refractivity contribution is 0.0946. The predicted octanol–water partition coefficient (Wildman–Crippen LogP) is 3.37. The monoisotopic (exact) mass is 214 g/mol. The van der Waals surface area contributed by atoms with E-state index in [-0.39, 0.29) is 11.7 Å². The fourth-order valence-corrected chi connectivity index (χ4v) is 2.27. The zero-order valence-electron chi connectivity index (χ0n) is 7.10. The largest absolute Gasteiger partial charge is 0.294 e. The summed E-state index contributed by atoms with van der Waals surface area (Å²) < 4.78 is 0. The Morgan fingerprint density at radius 1 is 1.38 bits per heavy atom. The molecule has 0 bridgehead atoms. The molecule has 13 heavy (non-hydrogen) atoms. The first kappa shape index (κ1) is 9.04. The molecule has 0 unspecified atom stereocenters. The van der Waals surface area contributed by atoms with E-state index in [9.17, 15) is 4.79 Å². The van der Waals surface area contributed by atoms with E-state index < -0.39 is 0 Å². The van der Waals surface area contributed by atoms with E-state index in [1.165, 1.54) is 0 Å². The molecule has 0 amide bonds. The highest BCUT2D eigenvalue weighted by molar-refractivity contribution is 6.36. The Balaban J connectivity index is 2.64. The van der Waals surface area contributed by atoms with Crippen LogP contribution in [0.5, 0.6) is 0 Å². The van der Waals surface area contributed by atoms with Gasteiger partial charge in [-0.3, -0.25) is 4.79 Å². The van der Waals surface area contributed by atoms with Crippen molar-refractivity contribution < 1.29 is 4.79 Å². The lowest BCUT2D eigenvalue weighted by atomic mass is 10.1. The Kier molecular flexibility index (Phi) is 2.09. The summed E-state index contributed by atoms with van der Waals surface area (Å²) >= 11 is 11.8. The third-order valence-corrected chi connectivity index (χ3v) is 2.94. The van der Waals surface area contributed by atoms with Crippen LogP contribution in [-0.4, -0.2) is 5.78 Å². The summed E-state index contributed by atoms with van der Waals surface area (Å²) in [4.78, 5) is 11.6. The van der Waals surface area contributed by atoms with Gasteiger partial charge in [-0.25, -0.2) is 0 Å². The van der Waals surface area contributed by atoms with E-state index in [0.29, 0.717) is 15.6 Å². The Hall–Kier alpha value is -0.530. The van der Waals surface area contributed by atoms with Crippen molar-refractivity contribution in [2.45, 2.75) is 13.3 Å². The second kappa shape index (κ2) is 3.00. The van der Waals surface area contributed by atoms with Gasteiger partial charge in [0.05, 0.1) is 0 Å². The number of ketones is 1. The fraction of sp³-hybridized carbons (Fsp3) is 0.300. The van der Waals surface area contributed by atoms with Crippen molar-refractivity contribution >= 4 is 29.0 Å². The molecule has 0 spiro atoms. The van der Waals surface area contributed by atoms with Crippen LogP contribution in [-0.2, 0) is 6.42 Å². The van der Waals surface area contributed by atoms with Crippen LogP contribution >= 0.6 is 23.2 Å². The van der Waals surface area contributed by atoms with Gasteiger partial charge in [-0.15, -0.1) is 0 Å². The highest BCUT2D eigenvalue weighted by atomic mass is 35.5. The molecular formula is C10H8Cl2O. The van der Waals surface area contributed by atoms with Crippen molar-refractivity contribution in [2.75, 3.05) is 0 Å². The summed E-state index contributed by atoms with van der Waals surface area (Å²) in [5.74, 6) is 0.199. The molecule has 0 radical (unpaired) electrons. The molecule has 1 aromatic carbocycles. The Morgan fingerprint density at radius 3 is 2.77 bits per heavy atom. The van der Waals surface area contributed by atoms with Crippen LogP contribution < -0.4 is 0 Å². The number of halogens is 2. The molecule has 0 N–H and O–H groups in total. The van der Waals surface area contributed by atoms with Gasteiger partial charge in [0.15, 0.2) is 5.78 Å². The van der Waals surface area contributed by atoms with Gasteiger partial charge in [-0.05, 0) is 24.1 Å². The van der Waals surface area contributed by atoms with Crippen LogP contribution in [0.1, 0.15) is 22.8 Å². The highest BCUT2D eigenvalue weighted by Crippen LogP contribution is 2.34. The van der Waals surface area contributed by atoms with Crippen LogP contribution in [0.25, 0.3) is 0 Å². The van der Waals surface area contributed by atoms with Crippen molar-refractivity contribution in [3.05, 3.63) is 33.3 Å². The summed E-state index contributed by atoms with van der Waals surface area (Å²) in [6.07, 6.45) is 0.740. The zero-order valence-corrected chi connectivity index (χ0v) is 8.62. The van der Waals surface area contributed by atoms with Crippen LogP contribution in [0.2, 0.25) is 10.0 Å². The number of hydrogen-bond acceptors (Lipinski definition) is 1. The predicted molar refractivity (Wildman–Crippen MR) is 53.7 cm³/mol. The number of carbonyl (C=O) groups excluding carboxylic acids is 1. The minimum absolute atomic E-state index is 0.0472. The molecule has 1 nitrogen and oxygen atoms in total. The van der Waals surface area contributed by atoms with E-state index in [4.69, 9.17) is 23.2 Å². The van der Waals surface area contributed by atoms with E-state index in [1.54, 1.807) is 12.1 Å². The number of benzene rings is 1. The topological polar surface area (TPSA) is 17.1 Å². The molecule has 0 aliphatic heterocycles. The molecule has 0 saturated heterocycles. The quantitative estimate of drug-likeness (QED) is 0.648.